The minimum absolute atomic E-state index is 0.0966. The second-order valence-electron chi connectivity index (χ2n) is 6.68. The molecule has 3 aromatic rings. The largest absolute Gasteiger partial charge is 0.247 e. The Balaban J connectivity index is 2.65. The fourth-order valence-corrected chi connectivity index (χ4v) is 3.11. The van der Waals surface area contributed by atoms with E-state index in [2.05, 4.69) is 71.0 Å². The van der Waals surface area contributed by atoms with Crippen molar-refractivity contribution in [2.24, 2.45) is 0 Å². The van der Waals surface area contributed by atoms with Crippen molar-refractivity contribution in [2.45, 2.75) is 40.0 Å². The number of fused-ring (bicyclic) bond motifs is 2. The first-order chi connectivity index (χ1) is 9.39. The molecule has 0 saturated heterocycles. The van der Waals surface area contributed by atoms with Gasteiger partial charge < -0.3 is 0 Å². The summed E-state index contributed by atoms with van der Waals surface area (Å²) in [7, 11) is 0. The van der Waals surface area contributed by atoms with E-state index in [9.17, 15) is 0 Å². The van der Waals surface area contributed by atoms with Gasteiger partial charge in [-0.25, -0.2) is 4.98 Å². The molecule has 0 aliphatic rings. The van der Waals surface area contributed by atoms with Gasteiger partial charge in [0.15, 0.2) is 0 Å². The van der Waals surface area contributed by atoms with E-state index in [1.165, 1.54) is 27.5 Å². The van der Waals surface area contributed by atoms with Crippen molar-refractivity contribution >= 4 is 21.8 Å². The fourth-order valence-electron chi connectivity index (χ4n) is 3.11. The van der Waals surface area contributed by atoms with Gasteiger partial charge >= 0.3 is 0 Å². The highest BCUT2D eigenvalue weighted by Crippen LogP contribution is 2.37. The fraction of sp³-hybridized carbons (Fsp3) is 0.316. The third-order valence-electron chi connectivity index (χ3n) is 3.99. The highest BCUT2D eigenvalue weighted by atomic mass is 14.7. The standard InChI is InChI=1S/C19H21N/c1-12-8-7-11-15-16(12)17(19(3,4)5)14-10-6-9-13(2)18(14)20-15/h6-11H,1-5H3. The summed E-state index contributed by atoms with van der Waals surface area (Å²) < 4.78 is 0. The van der Waals surface area contributed by atoms with Crippen LogP contribution in [0.1, 0.15) is 37.5 Å². The maximum Gasteiger partial charge on any atom is 0.0741 e. The number of rotatable bonds is 0. The topological polar surface area (TPSA) is 12.9 Å². The minimum atomic E-state index is 0.0966. The van der Waals surface area contributed by atoms with E-state index in [0.29, 0.717) is 0 Å². The predicted octanol–water partition coefficient (Wildman–Crippen LogP) is 5.30. The van der Waals surface area contributed by atoms with Crippen molar-refractivity contribution in [3.05, 3.63) is 53.1 Å². The average molecular weight is 263 g/mol. The van der Waals surface area contributed by atoms with Crippen LogP contribution in [0.5, 0.6) is 0 Å². The Kier molecular flexibility index (Phi) is 2.82. The van der Waals surface area contributed by atoms with Gasteiger partial charge in [-0.1, -0.05) is 51.1 Å². The number of benzene rings is 2. The Morgan fingerprint density at radius 1 is 0.850 bits per heavy atom. The molecule has 1 nitrogen and oxygen atoms in total. The van der Waals surface area contributed by atoms with Gasteiger partial charge in [-0.3, -0.25) is 0 Å². The third kappa shape index (κ3) is 1.89. The van der Waals surface area contributed by atoms with E-state index in [1.807, 2.05) is 0 Å². The van der Waals surface area contributed by atoms with Crippen LogP contribution in [-0.2, 0) is 5.41 Å². The normalized spacial score (nSPS) is 12.2. The minimum Gasteiger partial charge on any atom is -0.247 e. The molecule has 0 spiro atoms. The van der Waals surface area contributed by atoms with Gasteiger partial charge in [-0.2, -0.15) is 0 Å². The first-order valence-corrected chi connectivity index (χ1v) is 7.19. The summed E-state index contributed by atoms with van der Waals surface area (Å²) in [6, 6.07) is 12.9. The van der Waals surface area contributed by atoms with Gasteiger partial charge in [-0.05, 0) is 42.0 Å². The smallest absolute Gasteiger partial charge is 0.0741 e. The van der Waals surface area contributed by atoms with Crippen LogP contribution >= 0.6 is 0 Å². The highest BCUT2D eigenvalue weighted by Gasteiger charge is 2.22. The number of aromatic nitrogens is 1. The van der Waals surface area contributed by atoms with Crippen LogP contribution in [0.3, 0.4) is 0 Å². The number of nitrogens with zero attached hydrogens (tertiary/aromatic N) is 1. The molecule has 2 aromatic carbocycles. The molecule has 20 heavy (non-hydrogen) atoms. The molecule has 1 heterocycles. The van der Waals surface area contributed by atoms with Crippen molar-refractivity contribution in [2.75, 3.05) is 0 Å². The van der Waals surface area contributed by atoms with Crippen LogP contribution in [-0.4, -0.2) is 4.98 Å². The van der Waals surface area contributed by atoms with E-state index >= 15 is 0 Å². The highest BCUT2D eigenvalue weighted by molar-refractivity contribution is 6.00. The molecule has 0 unspecified atom stereocenters. The first kappa shape index (κ1) is 13.1. The van der Waals surface area contributed by atoms with Crippen LogP contribution in [0, 0.1) is 13.8 Å². The van der Waals surface area contributed by atoms with Crippen molar-refractivity contribution < 1.29 is 0 Å². The molecule has 0 bridgehead atoms. The van der Waals surface area contributed by atoms with Crippen molar-refractivity contribution in [1.82, 2.24) is 4.98 Å². The van der Waals surface area contributed by atoms with Gasteiger partial charge in [0.25, 0.3) is 0 Å². The molecule has 3 rings (SSSR count). The van der Waals surface area contributed by atoms with E-state index in [1.54, 1.807) is 0 Å². The summed E-state index contributed by atoms with van der Waals surface area (Å²) in [5.74, 6) is 0. The van der Waals surface area contributed by atoms with Crippen LogP contribution in [0.15, 0.2) is 36.4 Å². The molecule has 0 radical (unpaired) electrons. The molecule has 1 aromatic heterocycles. The number of para-hydroxylation sites is 1. The Hall–Kier alpha value is -1.89. The van der Waals surface area contributed by atoms with E-state index in [0.717, 1.165) is 11.0 Å². The molecule has 0 fully saturated rings. The van der Waals surface area contributed by atoms with E-state index < -0.39 is 0 Å². The zero-order valence-corrected chi connectivity index (χ0v) is 12.9. The molecule has 0 N–H and O–H groups in total. The van der Waals surface area contributed by atoms with Gasteiger partial charge in [0.05, 0.1) is 11.0 Å². The Labute approximate surface area is 120 Å². The van der Waals surface area contributed by atoms with E-state index in [4.69, 9.17) is 4.98 Å². The molecule has 102 valence electrons. The zero-order chi connectivity index (χ0) is 14.5. The van der Waals surface area contributed by atoms with Crippen molar-refractivity contribution in [1.29, 1.82) is 0 Å². The van der Waals surface area contributed by atoms with Gasteiger partial charge in [0, 0.05) is 10.8 Å². The Morgan fingerprint density at radius 3 is 2.20 bits per heavy atom. The lowest BCUT2D eigenvalue weighted by molar-refractivity contribution is 0.600. The monoisotopic (exact) mass is 263 g/mol. The third-order valence-corrected chi connectivity index (χ3v) is 3.99. The zero-order valence-electron chi connectivity index (χ0n) is 12.9. The molecular weight excluding hydrogens is 242 g/mol. The summed E-state index contributed by atoms with van der Waals surface area (Å²) in [4.78, 5) is 4.91. The van der Waals surface area contributed by atoms with Crippen LogP contribution in [0.2, 0.25) is 0 Å². The first-order valence-electron chi connectivity index (χ1n) is 7.19. The van der Waals surface area contributed by atoms with Gasteiger partial charge in [-0.15, -0.1) is 0 Å². The quantitative estimate of drug-likeness (QED) is 0.501. The number of hydrogen-bond acceptors (Lipinski definition) is 1. The lowest BCUT2D eigenvalue weighted by Gasteiger charge is -2.25. The SMILES string of the molecule is Cc1cccc2c(C(C)(C)C)c3c(C)cccc3nc12. The maximum absolute atomic E-state index is 4.91. The molecule has 0 aliphatic carbocycles. The maximum atomic E-state index is 4.91. The second-order valence-corrected chi connectivity index (χ2v) is 6.68. The van der Waals surface area contributed by atoms with E-state index in [-0.39, 0.29) is 5.41 Å². The van der Waals surface area contributed by atoms with Crippen molar-refractivity contribution in [3.63, 3.8) is 0 Å². The number of hydrogen-bond donors (Lipinski definition) is 0. The lowest BCUT2D eigenvalue weighted by Crippen LogP contribution is -2.14. The Bertz CT molecular complexity index is 807. The summed E-state index contributed by atoms with van der Waals surface area (Å²) >= 11 is 0. The average Bonchev–Trinajstić information content (AvgIpc) is 2.36. The summed E-state index contributed by atoms with van der Waals surface area (Å²) in [5.41, 5.74) is 6.31. The van der Waals surface area contributed by atoms with Crippen molar-refractivity contribution in [3.8, 4) is 0 Å². The summed E-state index contributed by atoms with van der Waals surface area (Å²) in [6.45, 7) is 11.2. The van der Waals surface area contributed by atoms with Gasteiger partial charge in [0.2, 0.25) is 0 Å². The molecule has 0 aliphatic heterocycles. The Morgan fingerprint density at radius 2 is 1.50 bits per heavy atom. The van der Waals surface area contributed by atoms with Gasteiger partial charge in [0.1, 0.15) is 0 Å². The molecular formula is C19H21N. The molecule has 0 amide bonds. The molecule has 1 heteroatoms. The lowest BCUT2D eigenvalue weighted by atomic mass is 9.80. The molecule has 0 atom stereocenters. The second kappa shape index (κ2) is 4.31. The van der Waals surface area contributed by atoms with Crippen LogP contribution < -0.4 is 0 Å². The molecule has 0 saturated carbocycles. The summed E-state index contributed by atoms with van der Waals surface area (Å²) in [6.07, 6.45) is 0. The summed E-state index contributed by atoms with van der Waals surface area (Å²) in [5, 5.41) is 2.61. The number of pyridine rings is 1. The predicted molar refractivity (Wildman–Crippen MR) is 87.4 cm³/mol. The van der Waals surface area contributed by atoms with Crippen LogP contribution in [0.25, 0.3) is 21.8 Å². The van der Waals surface area contributed by atoms with Crippen LogP contribution in [0.4, 0.5) is 0 Å². The number of aryl methyl sites for hydroxylation is 2.